The van der Waals surface area contributed by atoms with E-state index >= 15 is 0 Å². The maximum atomic E-state index is 11.0. The van der Waals surface area contributed by atoms with Gasteiger partial charge in [-0.1, -0.05) is 450 Å². The van der Waals surface area contributed by atoms with Gasteiger partial charge in [0.1, 0.15) is 0 Å². The molecular weight excluding hydrogens is 1190 g/mol. The molecule has 0 heterocycles. The summed E-state index contributed by atoms with van der Waals surface area (Å²) in [5.41, 5.74) is 0. The molecule has 0 aliphatic heterocycles. The number of unbranched alkanes of at least 4 members (excludes halogenated alkanes) is 62. The molecule has 2 atom stereocenters. The summed E-state index contributed by atoms with van der Waals surface area (Å²) in [7, 11) is -9.25. The average molecular weight is 1350 g/mol. The topological polar surface area (TPSA) is 133 Å². The number of hydrogen-bond donors (Lipinski definition) is 0. The average Bonchev–Trinajstić information content (AvgIpc) is 3.67. The van der Waals surface area contributed by atoms with Gasteiger partial charge >= 0.3 is 37.7 Å². The van der Waals surface area contributed by atoms with E-state index in [0.29, 0.717) is 0 Å². The smallest absolute Gasteiger partial charge is 0.726 e. The molecule has 8 nitrogen and oxygen atoms in total. The van der Waals surface area contributed by atoms with E-state index in [1.807, 2.05) is 0 Å². The van der Waals surface area contributed by atoms with Crippen LogP contribution in [0.5, 0.6) is 0 Å². The Labute approximate surface area is 601 Å². The molecule has 0 fully saturated rings. The van der Waals surface area contributed by atoms with Crippen LogP contribution in [0.3, 0.4) is 0 Å². The third-order valence-electron chi connectivity index (χ3n) is 19.0. The fourth-order valence-electron chi connectivity index (χ4n) is 12.9. The van der Waals surface area contributed by atoms with Crippen molar-refractivity contribution in [3.63, 3.8) is 0 Å². The van der Waals surface area contributed by atoms with Crippen molar-refractivity contribution in [3.05, 3.63) is 24.3 Å². The standard InChI is InChI=1S/2C40H80O4S.Ca/c2*1-3-5-7-9-11-13-15-17-19-20-21-22-24-26-28-30-32-34-36-38-40(39-44-45(41,42)43)37-35-33-31-29-27-25-23-18-16-14-12-10-8-6-4-2;/h2*36,38,40H,3-35,37,39H2,1-2H3,(H,41,42,43);/q;;+2/p-2/b2*38-36+;. The van der Waals surface area contributed by atoms with Crippen LogP contribution in [0.25, 0.3) is 0 Å². The first kappa shape index (κ1) is 95.7. The summed E-state index contributed by atoms with van der Waals surface area (Å²) >= 11 is 0. The maximum absolute atomic E-state index is 11.0. The number of allylic oxidation sites excluding steroid dienone is 2. The third kappa shape index (κ3) is 90.5. The van der Waals surface area contributed by atoms with Gasteiger partial charge in [0.15, 0.2) is 0 Å². The van der Waals surface area contributed by atoms with E-state index in [-0.39, 0.29) is 62.8 Å². The zero-order valence-corrected chi connectivity index (χ0v) is 65.6. The van der Waals surface area contributed by atoms with Gasteiger partial charge in [0.05, 0.1) is 13.2 Å². The second-order valence-electron chi connectivity index (χ2n) is 28.1. The molecule has 0 aromatic rings. The molecule has 91 heavy (non-hydrogen) atoms. The predicted molar refractivity (Wildman–Crippen MR) is 399 cm³/mol. The van der Waals surface area contributed by atoms with Gasteiger partial charge in [0.25, 0.3) is 0 Å². The van der Waals surface area contributed by atoms with Crippen molar-refractivity contribution in [2.75, 3.05) is 13.2 Å². The Morgan fingerprint density at radius 2 is 0.385 bits per heavy atom. The van der Waals surface area contributed by atoms with E-state index in [0.717, 1.165) is 38.5 Å². The van der Waals surface area contributed by atoms with Gasteiger partial charge in [0, 0.05) is 11.8 Å². The Morgan fingerprint density at radius 1 is 0.242 bits per heavy atom. The van der Waals surface area contributed by atoms with Crippen LogP contribution in [0.4, 0.5) is 0 Å². The van der Waals surface area contributed by atoms with Crippen molar-refractivity contribution in [1.29, 1.82) is 0 Å². The minimum atomic E-state index is -4.63. The first-order valence-electron chi connectivity index (χ1n) is 40.5. The van der Waals surface area contributed by atoms with Crippen LogP contribution in [0.15, 0.2) is 24.3 Å². The molecule has 0 spiro atoms. The Bertz CT molecular complexity index is 1510. The summed E-state index contributed by atoms with van der Waals surface area (Å²) in [5.74, 6) is 0.0305. The minimum absolute atomic E-state index is 0. The molecule has 0 saturated carbocycles. The molecule has 0 aliphatic rings. The van der Waals surface area contributed by atoms with Gasteiger partial charge in [-0.25, -0.2) is 16.8 Å². The molecule has 2 unspecified atom stereocenters. The van der Waals surface area contributed by atoms with Crippen LogP contribution < -0.4 is 0 Å². The molecule has 0 aromatic heterocycles. The largest absolute Gasteiger partial charge is 2.00 e. The van der Waals surface area contributed by atoms with Crippen LogP contribution in [-0.2, 0) is 29.2 Å². The first-order valence-corrected chi connectivity index (χ1v) is 43.2. The minimum Gasteiger partial charge on any atom is -0.726 e. The van der Waals surface area contributed by atoms with Gasteiger partial charge in [-0.3, -0.25) is 8.37 Å². The zero-order valence-electron chi connectivity index (χ0n) is 61.8. The molecule has 11 heteroatoms. The molecular formula is C80H158CaO8S2. The van der Waals surface area contributed by atoms with Crippen molar-refractivity contribution in [2.45, 2.75) is 464 Å². The Kier molecular flexibility index (Phi) is 85.3. The van der Waals surface area contributed by atoms with E-state index in [9.17, 15) is 25.9 Å². The molecule has 0 rings (SSSR count). The second-order valence-corrected chi connectivity index (χ2v) is 30.2. The second kappa shape index (κ2) is 81.2. The van der Waals surface area contributed by atoms with Gasteiger partial charge in [-0.05, 0) is 38.5 Å². The van der Waals surface area contributed by atoms with Crippen LogP contribution in [0, 0.1) is 11.8 Å². The van der Waals surface area contributed by atoms with E-state index in [1.165, 1.54) is 398 Å². The molecule has 540 valence electrons. The Hall–Kier alpha value is 0.480. The quantitative estimate of drug-likeness (QED) is 0.0193. The molecule has 0 N–H and O–H groups in total. The summed E-state index contributed by atoms with van der Waals surface area (Å²) < 4.78 is 75.2. The van der Waals surface area contributed by atoms with Crippen molar-refractivity contribution < 1.29 is 34.3 Å². The molecule has 0 radical (unpaired) electrons. The third-order valence-corrected chi connectivity index (χ3v) is 19.8. The first-order chi connectivity index (χ1) is 44.0. The van der Waals surface area contributed by atoms with Crippen molar-refractivity contribution in [3.8, 4) is 0 Å². The van der Waals surface area contributed by atoms with E-state index in [4.69, 9.17) is 0 Å². The van der Waals surface area contributed by atoms with Gasteiger partial charge in [-0.15, -0.1) is 0 Å². The van der Waals surface area contributed by atoms with Crippen LogP contribution in [0.2, 0.25) is 0 Å². The van der Waals surface area contributed by atoms with Crippen LogP contribution >= 0.6 is 0 Å². The molecule has 0 aliphatic carbocycles. The summed E-state index contributed by atoms with van der Waals surface area (Å²) in [6.45, 7) is 9.10. The number of rotatable bonds is 76. The Morgan fingerprint density at radius 3 is 0.538 bits per heavy atom. The van der Waals surface area contributed by atoms with Crippen molar-refractivity contribution in [1.82, 2.24) is 0 Å². The SMILES string of the molecule is CCCCCCCCCCCCCCCCCCC/C=C/C(CCCCCCCCCCCCCCCCC)COS(=O)(=O)[O-].CCCCCCCCCCCCCCCCCCC/C=C/C(CCCCCCCCCCCCCCCCC)COS(=O)(=O)[O-].[Ca+2]. The summed E-state index contributed by atoms with van der Waals surface area (Å²) in [6.07, 6.45) is 99.4. The van der Waals surface area contributed by atoms with Crippen LogP contribution in [0.1, 0.15) is 464 Å². The number of hydrogen-bond acceptors (Lipinski definition) is 8. The fraction of sp³-hybridized carbons (Fsp3) is 0.950. The molecule has 0 aromatic carbocycles. The van der Waals surface area contributed by atoms with Crippen molar-refractivity contribution >= 4 is 58.5 Å². The van der Waals surface area contributed by atoms with E-state index in [2.05, 4.69) is 60.4 Å². The molecule has 0 bridgehead atoms. The van der Waals surface area contributed by atoms with Gasteiger partial charge in [0.2, 0.25) is 20.8 Å². The summed E-state index contributed by atoms with van der Waals surface area (Å²) in [4.78, 5) is 0. The fourth-order valence-corrected chi connectivity index (χ4v) is 13.6. The van der Waals surface area contributed by atoms with Crippen LogP contribution in [-0.4, -0.2) is 76.9 Å². The van der Waals surface area contributed by atoms with E-state index in [1.54, 1.807) is 0 Å². The Balaban J connectivity index is -0.00000168. The maximum Gasteiger partial charge on any atom is 2.00 e. The summed E-state index contributed by atoms with van der Waals surface area (Å²) in [5, 5.41) is 0. The van der Waals surface area contributed by atoms with Gasteiger partial charge < -0.3 is 9.11 Å². The molecule has 0 saturated heterocycles. The zero-order chi connectivity index (χ0) is 65.9. The van der Waals surface area contributed by atoms with Crippen molar-refractivity contribution in [2.24, 2.45) is 11.8 Å². The normalized spacial score (nSPS) is 12.7. The monoisotopic (exact) mass is 1350 g/mol. The van der Waals surface area contributed by atoms with Gasteiger partial charge in [-0.2, -0.15) is 0 Å². The summed E-state index contributed by atoms with van der Waals surface area (Å²) in [6, 6.07) is 0. The molecule has 0 amide bonds. The predicted octanol–water partition coefficient (Wildman–Crippen LogP) is 27.5. The van der Waals surface area contributed by atoms with E-state index < -0.39 is 20.8 Å².